The van der Waals surface area contributed by atoms with Crippen LogP contribution in [0.15, 0.2) is 45.4 Å². The number of aromatic hydroxyl groups is 1. The van der Waals surface area contributed by atoms with Crippen molar-refractivity contribution in [3.8, 4) is 17.1 Å². The van der Waals surface area contributed by atoms with E-state index in [9.17, 15) is 9.90 Å². The lowest BCUT2D eigenvalue weighted by Crippen LogP contribution is -2.49. The van der Waals surface area contributed by atoms with Crippen LogP contribution in [0.1, 0.15) is 40.3 Å². The van der Waals surface area contributed by atoms with Crippen LogP contribution in [0.2, 0.25) is 0 Å². The van der Waals surface area contributed by atoms with Gasteiger partial charge in [-0.25, -0.2) is 0 Å². The van der Waals surface area contributed by atoms with E-state index in [1.807, 2.05) is 45.0 Å². The maximum Gasteiger partial charge on any atom is 0.257 e. The summed E-state index contributed by atoms with van der Waals surface area (Å²) < 4.78 is 6.06. The maximum atomic E-state index is 12.9. The van der Waals surface area contributed by atoms with Crippen molar-refractivity contribution >= 4 is 21.8 Å². The van der Waals surface area contributed by atoms with Crippen LogP contribution in [0.3, 0.4) is 0 Å². The maximum absolute atomic E-state index is 12.9. The number of aromatic nitrogens is 2. The van der Waals surface area contributed by atoms with Crippen LogP contribution in [0.25, 0.3) is 11.4 Å². The summed E-state index contributed by atoms with van der Waals surface area (Å²) in [6.45, 7) is 8.46. The molecule has 1 amide bonds. The van der Waals surface area contributed by atoms with Gasteiger partial charge in [-0.1, -0.05) is 35.0 Å². The van der Waals surface area contributed by atoms with Crippen LogP contribution >= 0.6 is 15.9 Å². The molecule has 1 aromatic heterocycles. The molecule has 1 fully saturated rings. The summed E-state index contributed by atoms with van der Waals surface area (Å²) in [4.78, 5) is 21.5. The van der Waals surface area contributed by atoms with Crippen molar-refractivity contribution in [2.75, 3.05) is 26.2 Å². The smallest absolute Gasteiger partial charge is 0.257 e. The molecule has 4 rings (SSSR count). The van der Waals surface area contributed by atoms with E-state index >= 15 is 0 Å². The number of nitrogens with zero attached hydrogens (tertiary/aromatic N) is 4. The molecule has 2 heterocycles. The normalized spacial score (nSPS) is 15.8. The van der Waals surface area contributed by atoms with Gasteiger partial charge in [0.1, 0.15) is 5.75 Å². The van der Waals surface area contributed by atoms with Gasteiger partial charge in [0.2, 0.25) is 11.7 Å². The number of phenols is 1. The molecule has 1 atom stereocenters. The highest BCUT2D eigenvalue weighted by molar-refractivity contribution is 9.10. The first kappa shape index (κ1) is 21.5. The lowest BCUT2D eigenvalue weighted by Gasteiger charge is -2.37. The van der Waals surface area contributed by atoms with E-state index in [0.29, 0.717) is 47.9 Å². The number of halogens is 1. The van der Waals surface area contributed by atoms with Crippen LogP contribution in [-0.2, 0) is 0 Å². The van der Waals surface area contributed by atoms with E-state index in [-0.39, 0.29) is 17.7 Å². The Morgan fingerprint density at radius 2 is 1.77 bits per heavy atom. The molecule has 0 spiro atoms. The van der Waals surface area contributed by atoms with Crippen LogP contribution in [0.5, 0.6) is 5.75 Å². The van der Waals surface area contributed by atoms with Gasteiger partial charge in [0.05, 0.1) is 16.1 Å². The lowest BCUT2D eigenvalue weighted by atomic mass is 10.1. The van der Waals surface area contributed by atoms with Gasteiger partial charge in [-0.05, 0) is 54.4 Å². The van der Waals surface area contributed by atoms with Gasteiger partial charge in [0.25, 0.3) is 5.91 Å². The first-order valence-electron chi connectivity index (χ1n) is 10.3. The van der Waals surface area contributed by atoms with Crippen molar-refractivity contribution in [1.29, 1.82) is 0 Å². The average Bonchev–Trinajstić information content (AvgIpc) is 3.26. The number of hydrogen-bond donors (Lipinski definition) is 1. The van der Waals surface area contributed by atoms with E-state index in [2.05, 4.69) is 31.0 Å². The molecule has 2 aromatic carbocycles. The van der Waals surface area contributed by atoms with Crippen LogP contribution in [0, 0.1) is 13.8 Å². The summed E-state index contributed by atoms with van der Waals surface area (Å²) >= 11 is 3.31. The average molecular weight is 485 g/mol. The first-order valence-corrected chi connectivity index (χ1v) is 11.1. The number of piperazine rings is 1. The van der Waals surface area contributed by atoms with Gasteiger partial charge in [-0.2, -0.15) is 4.98 Å². The minimum atomic E-state index is -0.159. The number of carbonyl (C=O) groups is 1. The highest BCUT2D eigenvalue weighted by atomic mass is 79.9. The molecule has 1 aliphatic rings. The number of rotatable bonds is 4. The van der Waals surface area contributed by atoms with Gasteiger partial charge in [0.15, 0.2) is 0 Å². The summed E-state index contributed by atoms with van der Waals surface area (Å²) in [7, 11) is 0. The summed E-state index contributed by atoms with van der Waals surface area (Å²) in [5, 5.41) is 14.4. The molecule has 0 bridgehead atoms. The van der Waals surface area contributed by atoms with Crippen LogP contribution < -0.4 is 0 Å². The van der Waals surface area contributed by atoms with E-state index in [4.69, 9.17) is 4.52 Å². The number of hydrogen-bond acceptors (Lipinski definition) is 6. The zero-order valence-electron chi connectivity index (χ0n) is 17.8. The molecule has 3 aromatic rings. The van der Waals surface area contributed by atoms with Gasteiger partial charge >= 0.3 is 0 Å². The fourth-order valence-corrected chi connectivity index (χ4v) is 4.34. The molecule has 0 saturated carbocycles. The Morgan fingerprint density at radius 1 is 1.10 bits per heavy atom. The van der Waals surface area contributed by atoms with Gasteiger partial charge < -0.3 is 14.5 Å². The monoisotopic (exact) mass is 484 g/mol. The Kier molecular flexibility index (Phi) is 6.11. The van der Waals surface area contributed by atoms with Crippen LogP contribution in [-0.4, -0.2) is 57.1 Å². The number of carbonyl (C=O) groups excluding carboxylic acids is 1. The molecule has 1 saturated heterocycles. The largest absolute Gasteiger partial charge is 0.506 e. The van der Waals surface area contributed by atoms with Crippen molar-refractivity contribution in [3.63, 3.8) is 0 Å². The second-order valence-electron chi connectivity index (χ2n) is 7.97. The summed E-state index contributed by atoms with van der Waals surface area (Å²) in [6.07, 6.45) is 0. The fraction of sp³-hybridized carbons (Fsp3) is 0.348. The van der Waals surface area contributed by atoms with Crippen molar-refractivity contribution < 1.29 is 14.4 Å². The summed E-state index contributed by atoms with van der Waals surface area (Å²) in [5.41, 5.74) is 3.35. The minimum Gasteiger partial charge on any atom is -0.506 e. The highest BCUT2D eigenvalue weighted by Gasteiger charge is 2.29. The fourth-order valence-electron chi connectivity index (χ4n) is 3.76. The summed E-state index contributed by atoms with van der Waals surface area (Å²) in [6, 6.07) is 11.5. The molecule has 0 aliphatic carbocycles. The lowest BCUT2D eigenvalue weighted by molar-refractivity contribution is 0.0549. The number of phenolic OH excluding ortho intramolecular Hbond substituents is 1. The Hall–Kier alpha value is -2.71. The third kappa shape index (κ3) is 4.50. The van der Waals surface area contributed by atoms with E-state index in [1.54, 1.807) is 17.0 Å². The topological polar surface area (TPSA) is 82.7 Å². The first-order chi connectivity index (χ1) is 14.8. The predicted molar refractivity (Wildman–Crippen MR) is 121 cm³/mol. The Labute approximate surface area is 189 Å². The van der Waals surface area contributed by atoms with Gasteiger partial charge in [-0.3, -0.25) is 9.69 Å². The molecule has 1 aliphatic heterocycles. The zero-order chi connectivity index (χ0) is 22.1. The quantitative estimate of drug-likeness (QED) is 0.592. The van der Waals surface area contributed by atoms with Crippen LogP contribution in [0.4, 0.5) is 0 Å². The van der Waals surface area contributed by atoms with E-state index in [0.717, 1.165) is 11.1 Å². The van der Waals surface area contributed by atoms with Crippen molar-refractivity contribution in [2.24, 2.45) is 0 Å². The third-order valence-electron chi connectivity index (χ3n) is 5.70. The van der Waals surface area contributed by atoms with Gasteiger partial charge in [-0.15, -0.1) is 0 Å². The molecular formula is C23H25BrN4O3. The molecule has 8 heteroatoms. The number of amides is 1. The van der Waals surface area contributed by atoms with E-state index in [1.165, 1.54) is 5.56 Å². The molecule has 7 nitrogen and oxygen atoms in total. The standard InChI is InChI=1S/C23H25BrN4O3/c1-14-4-6-17(7-5-14)21-25-22(31-26-21)16(3)27-8-10-28(11-9-27)23(30)18-12-15(2)13-19(24)20(18)29/h4-7,12-13,16,29H,8-11H2,1-3H3. The second kappa shape index (κ2) is 8.80. The predicted octanol–water partition coefficient (Wildman–Crippen LogP) is 4.34. The molecule has 1 N–H and O–H groups in total. The molecule has 162 valence electrons. The zero-order valence-corrected chi connectivity index (χ0v) is 19.4. The summed E-state index contributed by atoms with van der Waals surface area (Å²) in [5.74, 6) is 0.973. The van der Waals surface area contributed by atoms with E-state index < -0.39 is 0 Å². The highest BCUT2D eigenvalue weighted by Crippen LogP contribution is 2.31. The molecule has 31 heavy (non-hydrogen) atoms. The van der Waals surface area contributed by atoms with Crippen molar-refractivity contribution in [2.45, 2.75) is 26.8 Å². The Bertz CT molecular complexity index is 1090. The third-order valence-corrected chi connectivity index (χ3v) is 6.30. The molecule has 0 radical (unpaired) electrons. The molecule has 1 unspecified atom stereocenters. The van der Waals surface area contributed by atoms with Crippen molar-refractivity contribution in [3.05, 3.63) is 63.5 Å². The number of benzene rings is 2. The van der Waals surface area contributed by atoms with Gasteiger partial charge in [0, 0.05) is 31.7 Å². The molecular weight excluding hydrogens is 460 g/mol. The van der Waals surface area contributed by atoms with Crippen molar-refractivity contribution in [1.82, 2.24) is 19.9 Å². The second-order valence-corrected chi connectivity index (χ2v) is 8.82. The Balaban J connectivity index is 1.41. The number of aryl methyl sites for hydroxylation is 2. The minimum absolute atomic E-state index is 0.0131. The SMILES string of the molecule is Cc1ccc(-c2noc(C(C)N3CCN(C(=O)c4cc(C)cc(Br)c4O)CC3)n2)cc1. The Morgan fingerprint density at radius 3 is 2.45 bits per heavy atom.